The summed E-state index contributed by atoms with van der Waals surface area (Å²) >= 11 is 0. The standard InChI is InChI=1S/C13H17NO2/c1-10(2)13(15)16-12-7-5-11(6-8-12)9-14(3)4/h5-8H,1,9H2,2-4H3. The van der Waals surface area contributed by atoms with Crippen molar-refractivity contribution in [2.75, 3.05) is 14.1 Å². The lowest BCUT2D eigenvalue weighted by atomic mass is 10.2. The number of rotatable bonds is 4. The molecule has 0 heterocycles. The van der Waals surface area contributed by atoms with E-state index in [0.29, 0.717) is 11.3 Å². The van der Waals surface area contributed by atoms with Gasteiger partial charge in [0.2, 0.25) is 0 Å². The van der Waals surface area contributed by atoms with Gasteiger partial charge in [-0.25, -0.2) is 4.79 Å². The summed E-state index contributed by atoms with van der Waals surface area (Å²) < 4.78 is 5.08. The molecule has 0 spiro atoms. The first kappa shape index (κ1) is 12.5. The van der Waals surface area contributed by atoms with Gasteiger partial charge in [0.05, 0.1) is 0 Å². The van der Waals surface area contributed by atoms with E-state index in [2.05, 4.69) is 11.5 Å². The molecule has 1 rings (SSSR count). The highest BCUT2D eigenvalue weighted by molar-refractivity contribution is 5.88. The van der Waals surface area contributed by atoms with Crippen molar-refractivity contribution < 1.29 is 9.53 Å². The highest BCUT2D eigenvalue weighted by atomic mass is 16.5. The number of esters is 1. The minimum Gasteiger partial charge on any atom is -0.423 e. The molecule has 0 aliphatic heterocycles. The van der Waals surface area contributed by atoms with Gasteiger partial charge in [0.15, 0.2) is 0 Å². The Morgan fingerprint density at radius 3 is 2.31 bits per heavy atom. The molecule has 0 saturated carbocycles. The lowest BCUT2D eigenvalue weighted by Gasteiger charge is -2.10. The summed E-state index contributed by atoms with van der Waals surface area (Å²) in [6.07, 6.45) is 0. The van der Waals surface area contributed by atoms with Crippen molar-refractivity contribution >= 4 is 5.97 Å². The third kappa shape index (κ3) is 3.87. The van der Waals surface area contributed by atoms with Crippen LogP contribution in [-0.4, -0.2) is 25.0 Å². The highest BCUT2D eigenvalue weighted by Gasteiger charge is 2.04. The van der Waals surface area contributed by atoms with Gasteiger partial charge in [-0.3, -0.25) is 0 Å². The van der Waals surface area contributed by atoms with Crippen LogP contribution in [0.4, 0.5) is 0 Å². The van der Waals surface area contributed by atoms with Crippen LogP contribution in [0.2, 0.25) is 0 Å². The number of benzene rings is 1. The average Bonchev–Trinajstić information content (AvgIpc) is 2.20. The molecular formula is C13H17NO2. The molecule has 3 heteroatoms. The van der Waals surface area contributed by atoms with Gasteiger partial charge in [0.1, 0.15) is 5.75 Å². The maximum Gasteiger partial charge on any atom is 0.338 e. The van der Waals surface area contributed by atoms with E-state index >= 15 is 0 Å². The van der Waals surface area contributed by atoms with Gasteiger partial charge < -0.3 is 9.64 Å². The zero-order valence-corrected chi connectivity index (χ0v) is 9.99. The molecule has 0 saturated heterocycles. The summed E-state index contributed by atoms with van der Waals surface area (Å²) in [5.74, 6) is 0.163. The summed E-state index contributed by atoms with van der Waals surface area (Å²) in [4.78, 5) is 13.3. The summed E-state index contributed by atoms with van der Waals surface area (Å²) in [5.41, 5.74) is 1.58. The molecule has 0 aliphatic rings. The number of nitrogens with zero attached hydrogens (tertiary/aromatic N) is 1. The number of ether oxygens (including phenoxy) is 1. The van der Waals surface area contributed by atoms with Crippen LogP contribution in [0.1, 0.15) is 12.5 Å². The SMILES string of the molecule is C=C(C)C(=O)Oc1ccc(CN(C)C)cc1. The summed E-state index contributed by atoms with van der Waals surface area (Å²) in [6, 6.07) is 7.47. The molecule has 1 aromatic rings. The van der Waals surface area contributed by atoms with E-state index in [1.54, 1.807) is 19.1 Å². The van der Waals surface area contributed by atoms with E-state index in [-0.39, 0.29) is 5.97 Å². The van der Waals surface area contributed by atoms with Crippen molar-refractivity contribution in [2.45, 2.75) is 13.5 Å². The lowest BCUT2D eigenvalue weighted by Crippen LogP contribution is -2.11. The molecule has 0 unspecified atom stereocenters. The number of carbonyl (C=O) groups is 1. The van der Waals surface area contributed by atoms with Gasteiger partial charge in [-0.15, -0.1) is 0 Å². The van der Waals surface area contributed by atoms with Crippen molar-refractivity contribution in [3.63, 3.8) is 0 Å². The average molecular weight is 219 g/mol. The van der Waals surface area contributed by atoms with E-state index in [1.165, 1.54) is 5.56 Å². The zero-order valence-electron chi connectivity index (χ0n) is 9.99. The first-order valence-electron chi connectivity index (χ1n) is 5.10. The number of carbonyl (C=O) groups excluding carboxylic acids is 1. The lowest BCUT2D eigenvalue weighted by molar-refractivity contribution is -0.130. The fourth-order valence-electron chi connectivity index (χ4n) is 1.22. The molecule has 0 fully saturated rings. The normalized spacial score (nSPS) is 10.2. The Morgan fingerprint density at radius 1 is 1.31 bits per heavy atom. The Labute approximate surface area is 96.3 Å². The van der Waals surface area contributed by atoms with Crippen molar-refractivity contribution in [2.24, 2.45) is 0 Å². The molecule has 86 valence electrons. The van der Waals surface area contributed by atoms with Crippen molar-refractivity contribution in [3.8, 4) is 5.75 Å². The van der Waals surface area contributed by atoms with Crippen molar-refractivity contribution in [1.82, 2.24) is 4.90 Å². The van der Waals surface area contributed by atoms with Crippen LogP contribution in [0.15, 0.2) is 36.4 Å². The molecule has 16 heavy (non-hydrogen) atoms. The molecule has 0 atom stereocenters. The Kier molecular flexibility index (Phi) is 4.26. The Morgan fingerprint density at radius 2 is 1.88 bits per heavy atom. The number of hydrogen-bond donors (Lipinski definition) is 0. The molecule has 0 aromatic heterocycles. The predicted molar refractivity (Wildman–Crippen MR) is 64.3 cm³/mol. The molecule has 3 nitrogen and oxygen atoms in total. The molecule has 0 bridgehead atoms. The van der Waals surface area contributed by atoms with E-state index in [9.17, 15) is 4.79 Å². The second-order valence-electron chi connectivity index (χ2n) is 4.05. The minimum atomic E-state index is -0.389. The van der Waals surface area contributed by atoms with Crippen LogP contribution in [0.3, 0.4) is 0 Å². The Balaban J connectivity index is 2.64. The third-order valence-electron chi connectivity index (χ3n) is 1.98. The molecule has 1 aromatic carbocycles. The van der Waals surface area contributed by atoms with Gasteiger partial charge in [0.25, 0.3) is 0 Å². The minimum absolute atomic E-state index is 0.389. The quantitative estimate of drug-likeness (QED) is 0.442. The zero-order chi connectivity index (χ0) is 12.1. The highest BCUT2D eigenvalue weighted by Crippen LogP contribution is 2.14. The fourth-order valence-corrected chi connectivity index (χ4v) is 1.22. The van der Waals surface area contributed by atoms with Crippen LogP contribution < -0.4 is 4.74 Å². The topological polar surface area (TPSA) is 29.5 Å². The summed E-state index contributed by atoms with van der Waals surface area (Å²) in [6.45, 7) is 6.02. The van der Waals surface area contributed by atoms with Crippen LogP contribution in [0.25, 0.3) is 0 Å². The van der Waals surface area contributed by atoms with Gasteiger partial charge in [-0.1, -0.05) is 18.7 Å². The maximum atomic E-state index is 11.2. The predicted octanol–water partition coefficient (Wildman–Crippen LogP) is 2.23. The summed E-state index contributed by atoms with van der Waals surface area (Å²) in [7, 11) is 4.02. The van der Waals surface area contributed by atoms with Gasteiger partial charge in [0, 0.05) is 12.1 Å². The molecule has 0 amide bonds. The van der Waals surface area contributed by atoms with Gasteiger partial charge >= 0.3 is 5.97 Å². The van der Waals surface area contributed by atoms with E-state index < -0.39 is 0 Å². The van der Waals surface area contributed by atoms with Gasteiger partial charge in [-0.2, -0.15) is 0 Å². The van der Waals surface area contributed by atoms with E-state index in [0.717, 1.165) is 6.54 Å². The monoisotopic (exact) mass is 219 g/mol. The van der Waals surface area contributed by atoms with E-state index in [4.69, 9.17) is 4.74 Å². The molecular weight excluding hydrogens is 202 g/mol. The van der Waals surface area contributed by atoms with Crippen LogP contribution in [0.5, 0.6) is 5.75 Å². The second-order valence-corrected chi connectivity index (χ2v) is 4.05. The van der Waals surface area contributed by atoms with Crippen molar-refractivity contribution in [3.05, 3.63) is 42.0 Å². The Hall–Kier alpha value is -1.61. The van der Waals surface area contributed by atoms with Crippen LogP contribution >= 0.6 is 0 Å². The maximum absolute atomic E-state index is 11.2. The Bertz CT molecular complexity index is 379. The van der Waals surface area contributed by atoms with Crippen LogP contribution in [0, 0.1) is 0 Å². The largest absolute Gasteiger partial charge is 0.423 e. The number of hydrogen-bond acceptors (Lipinski definition) is 3. The fraction of sp³-hybridized carbons (Fsp3) is 0.308. The smallest absolute Gasteiger partial charge is 0.338 e. The van der Waals surface area contributed by atoms with E-state index in [1.807, 2.05) is 26.2 Å². The summed E-state index contributed by atoms with van der Waals surface area (Å²) in [5, 5.41) is 0. The van der Waals surface area contributed by atoms with Crippen LogP contribution in [-0.2, 0) is 11.3 Å². The molecule has 0 aliphatic carbocycles. The van der Waals surface area contributed by atoms with Gasteiger partial charge in [-0.05, 0) is 38.7 Å². The molecule has 0 N–H and O–H groups in total. The first-order valence-corrected chi connectivity index (χ1v) is 5.10. The van der Waals surface area contributed by atoms with Crippen molar-refractivity contribution in [1.29, 1.82) is 0 Å². The third-order valence-corrected chi connectivity index (χ3v) is 1.98. The first-order chi connectivity index (χ1) is 7.49. The molecule has 0 radical (unpaired) electrons. The second kappa shape index (κ2) is 5.47.